The zero-order valence-corrected chi connectivity index (χ0v) is 16.7. The predicted octanol–water partition coefficient (Wildman–Crippen LogP) is 3.71. The molecule has 1 amide bonds. The molecule has 1 aliphatic heterocycles. The van der Waals surface area contributed by atoms with E-state index in [4.69, 9.17) is 14.2 Å². The molecule has 0 bridgehead atoms. The number of aromatic nitrogens is 2. The Hall–Kier alpha value is -3.81. The van der Waals surface area contributed by atoms with Gasteiger partial charge in [0.25, 0.3) is 11.7 Å². The summed E-state index contributed by atoms with van der Waals surface area (Å²) in [5, 5.41) is 6.86. The molecule has 0 unspecified atom stereocenters. The van der Waals surface area contributed by atoms with Crippen molar-refractivity contribution < 1.29 is 23.8 Å². The van der Waals surface area contributed by atoms with Gasteiger partial charge in [0.05, 0.1) is 11.3 Å². The number of esters is 1. The molecule has 1 fully saturated rings. The van der Waals surface area contributed by atoms with E-state index in [9.17, 15) is 9.59 Å². The molecule has 1 aromatic heterocycles. The molecular weight excluding hydrogens is 398 g/mol. The van der Waals surface area contributed by atoms with Gasteiger partial charge in [0.1, 0.15) is 0 Å². The first kappa shape index (κ1) is 19.2. The van der Waals surface area contributed by atoms with Crippen LogP contribution in [-0.2, 0) is 9.53 Å². The molecule has 8 heteroatoms. The van der Waals surface area contributed by atoms with Crippen molar-refractivity contribution in [1.82, 2.24) is 9.78 Å². The molecule has 0 saturated heterocycles. The Morgan fingerprint density at radius 3 is 2.58 bits per heavy atom. The smallest absolute Gasteiger partial charge is 0.338 e. The SMILES string of the molecule is O=C(COC(=O)c1ccc(-n2cccn2)cc1)Nc1ccc2c(c1)OC1(CCCC1)O2. The number of carbonyl (C=O) groups is 2. The standard InChI is InChI=1S/C23H21N3O5/c27-21(15-29-22(28)16-4-7-18(8-5-16)26-13-3-12-24-26)25-17-6-9-19-20(14-17)31-23(30-19)10-1-2-11-23/h3-9,12-14H,1-2,10-11,15H2,(H,25,27). The second-order valence-electron chi connectivity index (χ2n) is 7.61. The van der Waals surface area contributed by atoms with Gasteiger partial charge in [-0.05, 0) is 55.3 Å². The number of fused-ring (bicyclic) bond motifs is 1. The highest BCUT2D eigenvalue weighted by Gasteiger charge is 2.44. The normalized spacial score (nSPS) is 15.7. The van der Waals surface area contributed by atoms with E-state index in [-0.39, 0.29) is 0 Å². The molecule has 0 atom stereocenters. The van der Waals surface area contributed by atoms with E-state index >= 15 is 0 Å². The number of nitrogens with zero attached hydrogens (tertiary/aromatic N) is 2. The Kier molecular flexibility index (Phi) is 4.82. The first-order valence-corrected chi connectivity index (χ1v) is 10.2. The van der Waals surface area contributed by atoms with Gasteiger partial charge in [-0.15, -0.1) is 0 Å². The van der Waals surface area contributed by atoms with Crippen LogP contribution < -0.4 is 14.8 Å². The topological polar surface area (TPSA) is 91.7 Å². The third kappa shape index (κ3) is 3.96. The van der Waals surface area contributed by atoms with E-state index in [2.05, 4.69) is 10.4 Å². The number of hydrogen-bond donors (Lipinski definition) is 1. The van der Waals surface area contributed by atoms with Crippen molar-refractivity contribution in [3.8, 4) is 17.2 Å². The molecule has 2 aliphatic rings. The lowest BCUT2D eigenvalue weighted by Crippen LogP contribution is -2.34. The van der Waals surface area contributed by atoms with Gasteiger partial charge in [0.15, 0.2) is 18.1 Å². The molecule has 8 nitrogen and oxygen atoms in total. The maximum Gasteiger partial charge on any atom is 0.338 e. The summed E-state index contributed by atoms with van der Waals surface area (Å²) in [6, 6.07) is 13.8. The van der Waals surface area contributed by atoms with Crippen LogP contribution in [0.2, 0.25) is 0 Å². The number of rotatable bonds is 5. The third-order valence-electron chi connectivity index (χ3n) is 5.39. The average molecular weight is 419 g/mol. The Morgan fingerprint density at radius 1 is 1.06 bits per heavy atom. The molecule has 1 N–H and O–H groups in total. The molecule has 0 radical (unpaired) electrons. The van der Waals surface area contributed by atoms with Crippen LogP contribution in [0.15, 0.2) is 60.9 Å². The zero-order chi connectivity index (χ0) is 21.3. The van der Waals surface area contributed by atoms with Crippen LogP contribution in [0.3, 0.4) is 0 Å². The third-order valence-corrected chi connectivity index (χ3v) is 5.39. The maximum atomic E-state index is 12.2. The molecule has 31 heavy (non-hydrogen) atoms. The first-order chi connectivity index (χ1) is 15.1. The monoisotopic (exact) mass is 419 g/mol. The number of hydrogen-bond acceptors (Lipinski definition) is 6. The van der Waals surface area contributed by atoms with E-state index in [1.165, 1.54) is 0 Å². The lowest BCUT2D eigenvalue weighted by atomic mass is 10.2. The number of anilines is 1. The minimum Gasteiger partial charge on any atom is -0.452 e. The van der Waals surface area contributed by atoms with Gasteiger partial charge in [0.2, 0.25) is 0 Å². The van der Waals surface area contributed by atoms with Crippen molar-refractivity contribution in [3.05, 3.63) is 66.5 Å². The minimum atomic E-state index is -0.573. The van der Waals surface area contributed by atoms with Crippen LogP contribution in [-0.4, -0.2) is 34.1 Å². The van der Waals surface area contributed by atoms with Crippen LogP contribution in [0.1, 0.15) is 36.0 Å². The molecule has 3 aromatic rings. The summed E-state index contributed by atoms with van der Waals surface area (Å²) in [5.74, 6) is -0.251. The Labute approximate surface area is 178 Å². The summed E-state index contributed by atoms with van der Waals surface area (Å²) in [6.07, 6.45) is 7.36. The van der Waals surface area contributed by atoms with Crippen molar-refractivity contribution in [2.24, 2.45) is 0 Å². The number of nitrogens with one attached hydrogen (secondary N) is 1. The lowest BCUT2D eigenvalue weighted by molar-refractivity contribution is -0.119. The molecule has 2 heterocycles. The predicted molar refractivity (Wildman–Crippen MR) is 111 cm³/mol. The fourth-order valence-corrected chi connectivity index (χ4v) is 3.87. The van der Waals surface area contributed by atoms with Crippen LogP contribution in [0.5, 0.6) is 11.5 Å². The Bertz CT molecular complexity index is 1100. The van der Waals surface area contributed by atoms with Crippen molar-refractivity contribution in [2.75, 3.05) is 11.9 Å². The Balaban J connectivity index is 1.15. The van der Waals surface area contributed by atoms with Crippen LogP contribution >= 0.6 is 0 Å². The summed E-state index contributed by atoms with van der Waals surface area (Å²) in [7, 11) is 0. The fraction of sp³-hybridized carbons (Fsp3) is 0.261. The quantitative estimate of drug-likeness (QED) is 0.634. The number of benzene rings is 2. The summed E-state index contributed by atoms with van der Waals surface area (Å²) in [6.45, 7) is -0.391. The van der Waals surface area contributed by atoms with Crippen molar-refractivity contribution >= 4 is 17.6 Å². The largest absolute Gasteiger partial charge is 0.452 e. The Morgan fingerprint density at radius 2 is 1.84 bits per heavy atom. The summed E-state index contributed by atoms with van der Waals surface area (Å²) < 4.78 is 18.8. The number of amides is 1. The maximum absolute atomic E-state index is 12.2. The van der Waals surface area contributed by atoms with Gasteiger partial charge in [-0.25, -0.2) is 9.48 Å². The minimum absolute atomic E-state index is 0.355. The van der Waals surface area contributed by atoms with Gasteiger partial charge >= 0.3 is 5.97 Å². The molecule has 5 rings (SSSR count). The summed E-state index contributed by atoms with van der Waals surface area (Å²) >= 11 is 0. The molecule has 158 valence electrons. The van der Waals surface area contributed by atoms with Gasteiger partial charge in [-0.3, -0.25) is 4.79 Å². The molecule has 1 spiro atoms. The van der Waals surface area contributed by atoms with Crippen molar-refractivity contribution in [2.45, 2.75) is 31.5 Å². The molecule has 1 aliphatic carbocycles. The van der Waals surface area contributed by atoms with Gasteiger partial charge in [-0.1, -0.05) is 0 Å². The fourth-order valence-electron chi connectivity index (χ4n) is 3.87. The highest BCUT2D eigenvalue weighted by molar-refractivity contribution is 5.95. The summed E-state index contributed by atoms with van der Waals surface area (Å²) in [5.41, 5.74) is 1.73. The van der Waals surface area contributed by atoms with Gasteiger partial charge in [0, 0.05) is 37.0 Å². The number of carbonyl (C=O) groups excluding carboxylic acids is 2. The van der Waals surface area contributed by atoms with Gasteiger partial charge < -0.3 is 19.5 Å². The average Bonchev–Trinajstić information content (AvgIpc) is 3.53. The van der Waals surface area contributed by atoms with Crippen LogP contribution in [0.4, 0.5) is 5.69 Å². The van der Waals surface area contributed by atoms with E-state index in [1.54, 1.807) is 59.5 Å². The highest BCUT2D eigenvalue weighted by Crippen LogP contribution is 2.47. The lowest BCUT2D eigenvalue weighted by Gasteiger charge is -2.21. The van der Waals surface area contributed by atoms with E-state index in [0.717, 1.165) is 31.4 Å². The van der Waals surface area contributed by atoms with Crippen LogP contribution in [0, 0.1) is 0 Å². The highest BCUT2D eigenvalue weighted by atomic mass is 16.7. The zero-order valence-electron chi connectivity index (χ0n) is 16.7. The molecular formula is C23H21N3O5. The second kappa shape index (κ2) is 7.79. The first-order valence-electron chi connectivity index (χ1n) is 10.2. The van der Waals surface area contributed by atoms with Gasteiger partial charge in [-0.2, -0.15) is 5.10 Å². The summed E-state index contributed by atoms with van der Waals surface area (Å²) in [4.78, 5) is 24.5. The second-order valence-corrected chi connectivity index (χ2v) is 7.61. The number of ether oxygens (including phenoxy) is 3. The molecule has 1 saturated carbocycles. The van der Waals surface area contributed by atoms with E-state index in [0.29, 0.717) is 22.7 Å². The van der Waals surface area contributed by atoms with Crippen molar-refractivity contribution in [1.29, 1.82) is 0 Å². The van der Waals surface area contributed by atoms with Crippen LogP contribution in [0.25, 0.3) is 5.69 Å². The van der Waals surface area contributed by atoms with E-state index < -0.39 is 24.3 Å². The van der Waals surface area contributed by atoms with E-state index in [1.807, 2.05) is 6.07 Å². The molecule has 2 aromatic carbocycles. The van der Waals surface area contributed by atoms with Crippen molar-refractivity contribution in [3.63, 3.8) is 0 Å².